The van der Waals surface area contributed by atoms with E-state index in [9.17, 15) is 9.18 Å². The maximum Gasteiger partial charge on any atom is 0.230 e. The van der Waals surface area contributed by atoms with Gasteiger partial charge in [-0.05, 0) is 17.7 Å². The summed E-state index contributed by atoms with van der Waals surface area (Å²) >= 11 is 3.02. The molecule has 0 saturated carbocycles. The molecule has 70 valence electrons. The number of alkyl halides is 1. The second kappa shape index (κ2) is 4.97. The van der Waals surface area contributed by atoms with Crippen LogP contribution in [-0.2, 0) is 11.3 Å². The first-order valence-corrected chi connectivity index (χ1v) is 4.91. The minimum absolute atomic E-state index is 0.107. The molecule has 0 spiro atoms. The third kappa shape index (κ3) is 3.55. The second-order valence-electron chi connectivity index (χ2n) is 2.54. The van der Waals surface area contributed by atoms with Crippen LogP contribution in [0.1, 0.15) is 5.56 Å². The number of hydrogen-bond acceptors (Lipinski definition) is 1. The number of nitrogens with one attached hydrogen (secondary N) is 1. The molecule has 0 unspecified atom stereocenters. The van der Waals surface area contributed by atoms with E-state index >= 15 is 0 Å². The van der Waals surface area contributed by atoms with Crippen LogP contribution in [-0.4, -0.2) is 11.2 Å². The Hall–Kier alpha value is -0.900. The number of carbonyl (C=O) groups is 1. The molecule has 0 saturated heterocycles. The van der Waals surface area contributed by atoms with E-state index in [4.69, 9.17) is 0 Å². The molecular weight excluding hydrogens is 237 g/mol. The normalized spacial score (nSPS) is 9.69. The van der Waals surface area contributed by atoms with Gasteiger partial charge in [0.15, 0.2) is 0 Å². The summed E-state index contributed by atoms with van der Waals surface area (Å²) in [6, 6.07) is 6.15. The van der Waals surface area contributed by atoms with Crippen LogP contribution in [0.2, 0.25) is 0 Å². The van der Waals surface area contributed by atoms with Gasteiger partial charge in [0, 0.05) is 6.54 Å². The monoisotopic (exact) mass is 245 g/mol. The lowest BCUT2D eigenvalue weighted by atomic mass is 10.2. The van der Waals surface area contributed by atoms with Crippen molar-refractivity contribution in [3.63, 3.8) is 0 Å². The second-order valence-corrected chi connectivity index (χ2v) is 3.10. The minimum atomic E-state index is -0.286. The first kappa shape index (κ1) is 10.2. The average molecular weight is 246 g/mol. The van der Waals surface area contributed by atoms with E-state index in [1.165, 1.54) is 12.1 Å². The van der Waals surface area contributed by atoms with E-state index in [0.29, 0.717) is 6.54 Å². The van der Waals surface area contributed by atoms with Crippen LogP contribution in [0.3, 0.4) is 0 Å². The van der Waals surface area contributed by atoms with Crippen molar-refractivity contribution in [2.75, 3.05) is 5.33 Å². The number of halogens is 2. The number of carbonyl (C=O) groups excluding carboxylic acids is 1. The van der Waals surface area contributed by atoms with Gasteiger partial charge in [0.25, 0.3) is 0 Å². The Bertz CT molecular complexity index is 303. The summed E-state index contributed by atoms with van der Waals surface area (Å²) in [5, 5.41) is 2.89. The summed E-state index contributed by atoms with van der Waals surface area (Å²) in [5.41, 5.74) is 0.759. The Balaban J connectivity index is 2.50. The van der Waals surface area contributed by atoms with E-state index in [-0.39, 0.29) is 17.1 Å². The highest BCUT2D eigenvalue weighted by Crippen LogP contribution is 2.02. The topological polar surface area (TPSA) is 29.1 Å². The fraction of sp³-hybridized carbons (Fsp3) is 0.222. The van der Waals surface area contributed by atoms with Gasteiger partial charge in [-0.15, -0.1) is 0 Å². The lowest BCUT2D eigenvalue weighted by Crippen LogP contribution is -2.23. The highest BCUT2D eigenvalue weighted by atomic mass is 79.9. The summed E-state index contributed by atoms with van der Waals surface area (Å²) in [7, 11) is 0. The summed E-state index contributed by atoms with van der Waals surface area (Å²) in [6.45, 7) is 0.363. The van der Waals surface area contributed by atoms with Gasteiger partial charge in [0.2, 0.25) is 5.91 Å². The Kier molecular flexibility index (Phi) is 3.89. The Labute approximate surface area is 84.3 Å². The van der Waals surface area contributed by atoms with Gasteiger partial charge in [-0.3, -0.25) is 4.79 Å². The van der Waals surface area contributed by atoms with Crippen LogP contribution >= 0.6 is 15.9 Å². The SMILES string of the molecule is O=C(CBr)NCc1cccc(F)c1. The molecule has 1 rings (SSSR count). The fourth-order valence-electron chi connectivity index (χ4n) is 0.895. The van der Waals surface area contributed by atoms with Crippen molar-refractivity contribution in [3.8, 4) is 0 Å². The van der Waals surface area contributed by atoms with Crippen LogP contribution in [0.4, 0.5) is 4.39 Å². The Morgan fingerprint density at radius 2 is 2.31 bits per heavy atom. The Morgan fingerprint density at radius 1 is 1.54 bits per heavy atom. The number of benzene rings is 1. The van der Waals surface area contributed by atoms with Crippen molar-refractivity contribution < 1.29 is 9.18 Å². The van der Waals surface area contributed by atoms with E-state index in [0.717, 1.165) is 5.56 Å². The first-order valence-electron chi connectivity index (χ1n) is 3.79. The quantitative estimate of drug-likeness (QED) is 0.810. The van der Waals surface area contributed by atoms with Gasteiger partial charge < -0.3 is 5.32 Å². The van der Waals surface area contributed by atoms with Crippen LogP contribution in [0.15, 0.2) is 24.3 Å². The van der Waals surface area contributed by atoms with Gasteiger partial charge in [-0.2, -0.15) is 0 Å². The van der Waals surface area contributed by atoms with Crippen molar-refractivity contribution in [2.24, 2.45) is 0 Å². The molecule has 0 aliphatic rings. The molecule has 1 aromatic carbocycles. The average Bonchev–Trinajstić information content (AvgIpc) is 2.14. The summed E-state index contributed by atoms with van der Waals surface area (Å²) < 4.78 is 12.7. The molecule has 0 fully saturated rings. The molecule has 0 radical (unpaired) electrons. The number of hydrogen-bond donors (Lipinski definition) is 1. The molecule has 2 nitrogen and oxygen atoms in total. The maximum absolute atomic E-state index is 12.7. The molecule has 13 heavy (non-hydrogen) atoms. The van der Waals surface area contributed by atoms with Crippen molar-refractivity contribution >= 4 is 21.8 Å². The van der Waals surface area contributed by atoms with Gasteiger partial charge in [0.1, 0.15) is 5.82 Å². The van der Waals surface area contributed by atoms with Crippen molar-refractivity contribution in [2.45, 2.75) is 6.54 Å². The zero-order valence-electron chi connectivity index (χ0n) is 6.89. The molecule has 0 aliphatic heterocycles. The highest BCUT2D eigenvalue weighted by molar-refractivity contribution is 9.09. The maximum atomic E-state index is 12.7. The molecule has 0 bridgehead atoms. The molecule has 1 amide bonds. The predicted molar refractivity (Wildman–Crippen MR) is 52.0 cm³/mol. The highest BCUT2D eigenvalue weighted by Gasteiger charge is 1.98. The smallest absolute Gasteiger partial charge is 0.230 e. The summed E-state index contributed by atoms with van der Waals surface area (Å²) in [6.07, 6.45) is 0. The third-order valence-electron chi connectivity index (χ3n) is 1.50. The van der Waals surface area contributed by atoms with Crippen molar-refractivity contribution in [3.05, 3.63) is 35.6 Å². The van der Waals surface area contributed by atoms with Gasteiger partial charge in [-0.1, -0.05) is 28.1 Å². The molecule has 0 atom stereocenters. The fourth-order valence-corrected chi connectivity index (χ4v) is 1.09. The molecule has 1 N–H and O–H groups in total. The van der Waals surface area contributed by atoms with E-state index in [2.05, 4.69) is 21.2 Å². The van der Waals surface area contributed by atoms with Gasteiger partial charge in [-0.25, -0.2) is 4.39 Å². The van der Waals surface area contributed by atoms with Crippen LogP contribution in [0, 0.1) is 5.82 Å². The molecule has 0 aliphatic carbocycles. The van der Waals surface area contributed by atoms with Gasteiger partial charge in [0.05, 0.1) is 5.33 Å². The Morgan fingerprint density at radius 3 is 2.92 bits per heavy atom. The first-order chi connectivity index (χ1) is 6.22. The predicted octanol–water partition coefficient (Wildman–Crippen LogP) is 1.84. The van der Waals surface area contributed by atoms with Gasteiger partial charge >= 0.3 is 0 Å². The summed E-state index contributed by atoms with van der Waals surface area (Å²) in [5.74, 6) is -0.394. The largest absolute Gasteiger partial charge is 0.351 e. The molecular formula is C9H9BrFNO. The van der Waals surface area contributed by atoms with E-state index in [1.54, 1.807) is 12.1 Å². The molecule has 0 aromatic heterocycles. The lowest BCUT2D eigenvalue weighted by molar-refractivity contribution is -0.118. The van der Waals surface area contributed by atoms with E-state index in [1.807, 2.05) is 0 Å². The summed E-state index contributed by atoms with van der Waals surface area (Å²) in [4.78, 5) is 10.8. The van der Waals surface area contributed by atoms with Crippen LogP contribution in [0.25, 0.3) is 0 Å². The lowest BCUT2D eigenvalue weighted by Gasteiger charge is -2.02. The number of rotatable bonds is 3. The van der Waals surface area contributed by atoms with Crippen LogP contribution < -0.4 is 5.32 Å². The van der Waals surface area contributed by atoms with E-state index < -0.39 is 0 Å². The van der Waals surface area contributed by atoms with Crippen molar-refractivity contribution in [1.82, 2.24) is 5.32 Å². The van der Waals surface area contributed by atoms with Crippen LogP contribution in [0.5, 0.6) is 0 Å². The molecule has 0 heterocycles. The number of amides is 1. The third-order valence-corrected chi connectivity index (χ3v) is 2.01. The van der Waals surface area contributed by atoms with Crippen molar-refractivity contribution in [1.29, 1.82) is 0 Å². The zero-order valence-corrected chi connectivity index (χ0v) is 8.47. The minimum Gasteiger partial charge on any atom is -0.351 e. The molecule has 1 aromatic rings. The molecule has 4 heteroatoms. The zero-order chi connectivity index (χ0) is 9.68. The standard InChI is InChI=1S/C9H9BrFNO/c10-5-9(13)12-6-7-2-1-3-8(11)4-7/h1-4H,5-6H2,(H,12,13).